The van der Waals surface area contributed by atoms with Crippen molar-refractivity contribution in [1.29, 1.82) is 0 Å². The van der Waals surface area contributed by atoms with Crippen molar-refractivity contribution in [1.82, 2.24) is 15.0 Å². The van der Waals surface area contributed by atoms with E-state index in [9.17, 15) is 0 Å². The lowest BCUT2D eigenvalue weighted by Crippen LogP contribution is -2.44. The van der Waals surface area contributed by atoms with Crippen molar-refractivity contribution in [3.05, 3.63) is 47.1 Å². The van der Waals surface area contributed by atoms with Gasteiger partial charge in [0.2, 0.25) is 5.89 Å². The zero-order valence-corrected chi connectivity index (χ0v) is 13.5. The van der Waals surface area contributed by atoms with Crippen molar-refractivity contribution in [3.63, 3.8) is 0 Å². The Labute approximate surface area is 131 Å². The molecule has 2 aliphatic heterocycles. The molecule has 1 aromatic heterocycles. The van der Waals surface area contributed by atoms with Crippen molar-refractivity contribution in [2.45, 2.75) is 57.0 Å². The molecule has 1 aromatic carbocycles. The molecule has 0 saturated carbocycles. The second-order valence-corrected chi connectivity index (χ2v) is 6.92. The van der Waals surface area contributed by atoms with E-state index in [1.54, 1.807) is 0 Å². The summed E-state index contributed by atoms with van der Waals surface area (Å²) in [5, 5.41) is 4.04. The maximum atomic E-state index is 5.59. The van der Waals surface area contributed by atoms with Crippen LogP contribution in [0, 0.1) is 13.8 Å². The molecule has 2 saturated heterocycles. The molecule has 3 heterocycles. The highest BCUT2D eigenvalue weighted by Gasteiger charge is 2.48. The maximum Gasteiger partial charge on any atom is 0.231 e. The van der Waals surface area contributed by atoms with E-state index in [0.717, 1.165) is 11.7 Å². The Morgan fingerprint density at radius 1 is 1.14 bits per heavy atom. The third-order valence-electron chi connectivity index (χ3n) is 5.60. The summed E-state index contributed by atoms with van der Waals surface area (Å²) in [6.45, 7) is 4.04. The highest BCUT2D eigenvalue weighted by atomic mass is 16.5. The standard InChI is InChI=1S/C18H23N3O/c1-11-4-6-13(7-5-11)15-10-14-8-9-16(21(14)3)17(15)18-19-12(2)20-22-18/h4-7,14-17H,8-10H2,1-3H3/t14-,15+,16+,17+/m0/s1. The molecule has 22 heavy (non-hydrogen) atoms. The Balaban J connectivity index is 1.76. The van der Waals surface area contributed by atoms with Gasteiger partial charge in [0.1, 0.15) is 0 Å². The Morgan fingerprint density at radius 2 is 1.91 bits per heavy atom. The van der Waals surface area contributed by atoms with E-state index in [-0.39, 0.29) is 0 Å². The monoisotopic (exact) mass is 297 g/mol. The number of benzene rings is 1. The van der Waals surface area contributed by atoms with Crippen LogP contribution >= 0.6 is 0 Å². The van der Waals surface area contributed by atoms with Crippen LogP contribution in [-0.4, -0.2) is 34.2 Å². The number of likely N-dealkylation sites (N-methyl/N-ethyl adjacent to an activating group) is 1. The molecule has 2 fully saturated rings. The van der Waals surface area contributed by atoms with Crippen LogP contribution < -0.4 is 0 Å². The minimum absolute atomic E-state index is 0.313. The van der Waals surface area contributed by atoms with Gasteiger partial charge in [-0.3, -0.25) is 4.90 Å². The Hall–Kier alpha value is -1.68. The normalized spacial score (nSPS) is 31.6. The van der Waals surface area contributed by atoms with Crippen LogP contribution in [-0.2, 0) is 0 Å². The van der Waals surface area contributed by atoms with E-state index in [1.807, 2.05) is 6.92 Å². The summed E-state index contributed by atoms with van der Waals surface area (Å²) in [5.41, 5.74) is 2.72. The summed E-state index contributed by atoms with van der Waals surface area (Å²) in [4.78, 5) is 7.11. The molecule has 116 valence electrons. The molecule has 0 unspecified atom stereocenters. The molecular weight excluding hydrogens is 274 g/mol. The van der Waals surface area contributed by atoms with Gasteiger partial charge in [-0.05, 0) is 51.6 Å². The first-order valence-electron chi connectivity index (χ1n) is 8.22. The molecule has 2 aromatic rings. The van der Waals surface area contributed by atoms with E-state index in [4.69, 9.17) is 4.52 Å². The van der Waals surface area contributed by atoms with Gasteiger partial charge >= 0.3 is 0 Å². The molecule has 0 aliphatic carbocycles. The van der Waals surface area contributed by atoms with Crippen molar-refractivity contribution in [2.24, 2.45) is 0 Å². The van der Waals surface area contributed by atoms with Crippen LogP contribution in [0.2, 0.25) is 0 Å². The van der Waals surface area contributed by atoms with Crippen LogP contribution in [0.1, 0.15) is 53.9 Å². The van der Waals surface area contributed by atoms with Crippen LogP contribution in [0.3, 0.4) is 0 Å². The molecule has 0 radical (unpaired) electrons. The Bertz CT molecular complexity index is 663. The maximum absolute atomic E-state index is 5.59. The van der Waals surface area contributed by atoms with Gasteiger partial charge in [-0.15, -0.1) is 0 Å². The fourth-order valence-electron chi connectivity index (χ4n) is 4.41. The molecule has 0 spiro atoms. The summed E-state index contributed by atoms with van der Waals surface area (Å²) in [5.74, 6) is 2.35. The van der Waals surface area contributed by atoms with E-state index >= 15 is 0 Å². The number of aryl methyl sites for hydroxylation is 2. The van der Waals surface area contributed by atoms with Crippen molar-refractivity contribution in [3.8, 4) is 0 Å². The summed E-state index contributed by atoms with van der Waals surface area (Å²) in [6, 6.07) is 10.2. The van der Waals surface area contributed by atoms with Crippen molar-refractivity contribution < 1.29 is 4.52 Å². The van der Waals surface area contributed by atoms with E-state index in [1.165, 1.54) is 30.4 Å². The Kier molecular flexibility index (Phi) is 3.30. The fraction of sp³-hybridized carbons (Fsp3) is 0.556. The second-order valence-electron chi connectivity index (χ2n) is 6.92. The summed E-state index contributed by atoms with van der Waals surface area (Å²) >= 11 is 0. The lowest BCUT2D eigenvalue weighted by Gasteiger charge is -2.41. The summed E-state index contributed by atoms with van der Waals surface area (Å²) in [7, 11) is 2.25. The first-order chi connectivity index (χ1) is 10.6. The average molecular weight is 297 g/mol. The first-order valence-corrected chi connectivity index (χ1v) is 8.22. The number of fused-ring (bicyclic) bond motifs is 2. The van der Waals surface area contributed by atoms with Crippen LogP contribution in [0.5, 0.6) is 0 Å². The summed E-state index contributed by atoms with van der Waals surface area (Å²) in [6.07, 6.45) is 3.70. The minimum atomic E-state index is 0.313. The second kappa shape index (κ2) is 5.20. The summed E-state index contributed by atoms with van der Waals surface area (Å²) < 4.78 is 5.59. The van der Waals surface area contributed by atoms with E-state index < -0.39 is 0 Å². The first kappa shape index (κ1) is 13.9. The zero-order chi connectivity index (χ0) is 15.3. The van der Waals surface area contributed by atoms with Crippen LogP contribution in [0.4, 0.5) is 0 Å². The van der Waals surface area contributed by atoms with Gasteiger partial charge in [0.05, 0.1) is 5.92 Å². The molecule has 4 heteroatoms. The van der Waals surface area contributed by atoms with Gasteiger partial charge in [-0.2, -0.15) is 4.98 Å². The van der Waals surface area contributed by atoms with Crippen LogP contribution in [0.25, 0.3) is 0 Å². The predicted octanol–water partition coefficient (Wildman–Crippen LogP) is 3.42. The smallest absolute Gasteiger partial charge is 0.231 e. The lowest BCUT2D eigenvalue weighted by atomic mass is 9.76. The molecule has 0 N–H and O–H groups in total. The number of nitrogens with zero attached hydrogens (tertiary/aromatic N) is 3. The zero-order valence-electron chi connectivity index (χ0n) is 13.5. The number of aromatic nitrogens is 2. The fourth-order valence-corrected chi connectivity index (χ4v) is 4.41. The molecular formula is C18H23N3O. The van der Waals surface area contributed by atoms with Gasteiger partial charge in [-0.25, -0.2) is 0 Å². The van der Waals surface area contributed by atoms with E-state index in [2.05, 4.69) is 53.3 Å². The molecule has 4 atom stereocenters. The predicted molar refractivity (Wildman–Crippen MR) is 84.9 cm³/mol. The molecule has 2 aliphatic rings. The van der Waals surface area contributed by atoms with Gasteiger partial charge < -0.3 is 4.52 Å². The minimum Gasteiger partial charge on any atom is -0.339 e. The molecule has 4 rings (SSSR count). The van der Waals surface area contributed by atoms with Crippen molar-refractivity contribution in [2.75, 3.05) is 7.05 Å². The molecule has 0 amide bonds. The third-order valence-corrected chi connectivity index (χ3v) is 5.60. The third kappa shape index (κ3) is 2.17. The molecule has 4 nitrogen and oxygen atoms in total. The highest BCUT2D eigenvalue weighted by molar-refractivity contribution is 5.30. The lowest BCUT2D eigenvalue weighted by molar-refractivity contribution is 0.120. The number of hydrogen-bond donors (Lipinski definition) is 0. The van der Waals surface area contributed by atoms with E-state index in [0.29, 0.717) is 23.9 Å². The Morgan fingerprint density at radius 3 is 2.59 bits per heavy atom. The van der Waals surface area contributed by atoms with Gasteiger partial charge in [0.15, 0.2) is 5.82 Å². The average Bonchev–Trinajstić information content (AvgIpc) is 3.02. The SMILES string of the molecule is Cc1ccc([C@H]2C[C@@H]3CC[C@H]([C@@H]2c2nc(C)no2)N3C)cc1. The number of hydrogen-bond acceptors (Lipinski definition) is 4. The number of piperidine rings is 1. The van der Waals surface area contributed by atoms with Gasteiger partial charge in [-0.1, -0.05) is 35.0 Å². The number of rotatable bonds is 2. The largest absolute Gasteiger partial charge is 0.339 e. The van der Waals surface area contributed by atoms with Crippen molar-refractivity contribution >= 4 is 0 Å². The highest BCUT2D eigenvalue weighted by Crippen LogP contribution is 2.50. The van der Waals surface area contributed by atoms with Crippen LogP contribution in [0.15, 0.2) is 28.8 Å². The topological polar surface area (TPSA) is 42.2 Å². The molecule has 2 bridgehead atoms. The van der Waals surface area contributed by atoms with Gasteiger partial charge in [0, 0.05) is 12.1 Å². The van der Waals surface area contributed by atoms with Gasteiger partial charge in [0.25, 0.3) is 0 Å². The quantitative estimate of drug-likeness (QED) is 0.852.